The highest BCUT2D eigenvalue weighted by molar-refractivity contribution is 5.88. The highest BCUT2D eigenvalue weighted by Crippen LogP contribution is 2.33. The summed E-state index contributed by atoms with van der Waals surface area (Å²) in [6, 6.07) is 11.6. The number of hydrogen-bond acceptors (Lipinski definition) is 2. The van der Waals surface area contributed by atoms with E-state index >= 15 is 0 Å². The topological polar surface area (TPSA) is 46.2 Å². The second-order valence-electron chi connectivity index (χ2n) is 5.30. The maximum atomic E-state index is 10.1. The third-order valence-corrected chi connectivity index (χ3v) is 3.37. The van der Waals surface area contributed by atoms with Gasteiger partial charge in [0.1, 0.15) is 5.75 Å². The SMILES string of the molecule is CC(C)CC[C@H](N)c1c(O)ccc2ccccc12. The van der Waals surface area contributed by atoms with E-state index in [0.717, 1.165) is 29.2 Å². The van der Waals surface area contributed by atoms with Crippen molar-refractivity contribution in [3.8, 4) is 5.75 Å². The molecular formula is C16H21NO. The Labute approximate surface area is 108 Å². The molecule has 1 atom stereocenters. The number of nitrogens with two attached hydrogens (primary N) is 1. The Morgan fingerprint density at radius 2 is 1.78 bits per heavy atom. The van der Waals surface area contributed by atoms with Gasteiger partial charge in [-0.25, -0.2) is 0 Å². The van der Waals surface area contributed by atoms with Gasteiger partial charge in [-0.2, -0.15) is 0 Å². The lowest BCUT2D eigenvalue weighted by molar-refractivity contribution is 0.450. The fraction of sp³-hybridized carbons (Fsp3) is 0.375. The second-order valence-corrected chi connectivity index (χ2v) is 5.30. The Morgan fingerprint density at radius 3 is 2.50 bits per heavy atom. The van der Waals surface area contributed by atoms with Gasteiger partial charge in [-0.3, -0.25) is 0 Å². The van der Waals surface area contributed by atoms with Crippen LogP contribution in [0.3, 0.4) is 0 Å². The quantitative estimate of drug-likeness (QED) is 0.853. The molecule has 96 valence electrons. The highest BCUT2D eigenvalue weighted by Gasteiger charge is 2.14. The fourth-order valence-electron chi connectivity index (χ4n) is 2.33. The average molecular weight is 243 g/mol. The van der Waals surface area contributed by atoms with E-state index in [-0.39, 0.29) is 6.04 Å². The number of phenolic OH excluding ortho intramolecular Hbond substituents is 1. The van der Waals surface area contributed by atoms with Crippen LogP contribution in [0.2, 0.25) is 0 Å². The van der Waals surface area contributed by atoms with E-state index in [1.165, 1.54) is 0 Å². The van der Waals surface area contributed by atoms with Crippen LogP contribution in [-0.4, -0.2) is 5.11 Å². The Morgan fingerprint density at radius 1 is 1.06 bits per heavy atom. The van der Waals surface area contributed by atoms with Crippen molar-refractivity contribution in [1.82, 2.24) is 0 Å². The van der Waals surface area contributed by atoms with Crippen LogP contribution >= 0.6 is 0 Å². The zero-order valence-corrected chi connectivity index (χ0v) is 11.1. The van der Waals surface area contributed by atoms with Crippen molar-refractivity contribution >= 4 is 10.8 Å². The van der Waals surface area contributed by atoms with Crippen molar-refractivity contribution in [1.29, 1.82) is 0 Å². The van der Waals surface area contributed by atoms with Gasteiger partial charge in [-0.05, 0) is 35.6 Å². The molecule has 0 amide bonds. The minimum atomic E-state index is -0.0986. The molecule has 0 saturated carbocycles. The Hall–Kier alpha value is -1.54. The number of aromatic hydroxyl groups is 1. The van der Waals surface area contributed by atoms with Gasteiger partial charge >= 0.3 is 0 Å². The number of benzene rings is 2. The number of rotatable bonds is 4. The summed E-state index contributed by atoms with van der Waals surface area (Å²) in [6.45, 7) is 4.38. The summed E-state index contributed by atoms with van der Waals surface area (Å²) in [4.78, 5) is 0. The van der Waals surface area contributed by atoms with Gasteiger partial charge in [-0.1, -0.05) is 44.2 Å². The van der Waals surface area contributed by atoms with Crippen molar-refractivity contribution in [2.24, 2.45) is 11.7 Å². The van der Waals surface area contributed by atoms with Gasteiger partial charge in [0, 0.05) is 11.6 Å². The Balaban J connectivity index is 2.39. The molecule has 2 aromatic rings. The maximum absolute atomic E-state index is 10.1. The highest BCUT2D eigenvalue weighted by atomic mass is 16.3. The molecule has 0 aromatic heterocycles. The molecule has 2 aromatic carbocycles. The molecule has 2 heteroatoms. The lowest BCUT2D eigenvalue weighted by Crippen LogP contribution is -2.12. The summed E-state index contributed by atoms with van der Waals surface area (Å²) in [5, 5.41) is 12.3. The number of hydrogen-bond donors (Lipinski definition) is 2. The lowest BCUT2D eigenvalue weighted by Gasteiger charge is -2.17. The van der Waals surface area contributed by atoms with E-state index in [4.69, 9.17) is 5.73 Å². The zero-order chi connectivity index (χ0) is 13.1. The van der Waals surface area contributed by atoms with E-state index in [9.17, 15) is 5.11 Å². The Kier molecular flexibility index (Phi) is 3.87. The van der Waals surface area contributed by atoms with Gasteiger partial charge in [0.15, 0.2) is 0 Å². The van der Waals surface area contributed by atoms with Crippen LogP contribution in [0.5, 0.6) is 5.75 Å². The first-order valence-electron chi connectivity index (χ1n) is 6.55. The van der Waals surface area contributed by atoms with E-state index in [0.29, 0.717) is 11.7 Å². The predicted molar refractivity (Wildman–Crippen MR) is 76.6 cm³/mol. The van der Waals surface area contributed by atoms with Crippen LogP contribution in [0, 0.1) is 5.92 Å². The molecule has 0 bridgehead atoms. The third-order valence-electron chi connectivity index (χ3n) is 3.37. The van der Waals surface area contributed by atoms with Gasteiger partial charge < -0.3 is 10.8 Å². The molecule has 0 radical (unpaired) electrons. The van der Waals surface area contributed by atoms with Crippen LogP contribution < -0.4 is 5.73 Å². The second kappa shape index (κ2) is 5.40. The molecule has 0 spiro atoms. The molecular weight excluding hydrogens is 222 g/mol. The number of phenols is 1. The zero-order valence-electron chi connectivity index (χ0n) is 11.1. The maximum Gasteiger partial charge on any atom is 0.120 e. The third kappa shape index (κ3) is 2.65. The Bertz CT molecular complexity index is 534. The van der Waals surface area contributed by atoms with Gasteiger partial charge in [-0.15, -0.1) is 0 Å². The minimum absolute atomic E-state index is 0.0986. The first-order valence-corrected chi connectivity index (χ1v) is 6.55. The molecule has 3 N–H and O–H groups in total. The van der Waals surface area contributed by atoms with Crippen LogP contribution in [0.4, 0.5) is 0 Å². The fourth-order valence-corrected chi connectivity index (χ4v) is 2.33. The van der Waals surface area contributed by atoms with Crippen LogP contribution in [-0.2, 0) is 0 Å². The molecule has 0 aliphatic heterocycles. The van der Waals surface area contributed by atoms with E-state index in [1.54, 1.807) is 6.07 Å². The molecule has 18 heavy (non-hydrogen) atoms. The van der Waals surface area contributed by atoms with E-state index in [2.05, 4.69) is 13.8 Å². The minimum Gasteiger partial charge on any atom is -0.508 e. The summed E-state index contributed by atoms with van der Waals surface area (Å²) in [6.07, 6.45) is 1.98. The lowest BCUT2D eigenvalue weighted by atomic mass is 9.93. The molecule has 0 fully saturated rings. The average Bonchev–Trinajstić information content (AvgIpc) is 2.36. The summed E-state index contributed by atoms with van der Waals surface area (Å²) in [7, 11) is 0. The van der Waals surface area contributed by atoms with Crippen molar-refractivity contribution in [3.05, 3.63) is 42.0 Å². The summed E-state index contributed by atoms with van der Waals surface area (Å²) < 4.78 is 0. The summed E-state index contributed by atoms with van der Waals surface area (Å²) in [5.74, 6) is 0.943. The van der Waals surface area contributed by atoms with Gasteiger partial charge in [0.05, 0.1) is 0 Å². The molecule has 0 aliphatic rings. The molecule has 2 nitrogen and oxygen atoms in total. The summed E-state index contributed by atoms with van der Waals surface area (Å²) in [5.41, 5.74) is 7.13. The standard InChI is InChI=1S/C16H21NO/c1-11(2)7-9-14(17)16-13-6-4-3-5-12(13)8-10-15(16)18/h3-6,8,10-11,14,18H,7,9,17H2,1-2H3/t14-/m0/s1. The van der Waals surface area contributed by atoms with Gasteiger partial charge in [0.2, 0.25) is 0 Å². The summed E-state index contributed by atoms with van der Waals surface area (Å²) >= 11 is 0. The molecule has 0 heterocycles. The molecule has 0 aliphatic carbocycles. The van der Waals surface area contributed by atoms with Crippen molar-refractivity contribution in [2.45, 2.75) is 32.7 Å². The van der Waals surface area contributed by atoms with E-state index in [1.807, 2.05) is 30.3 Å². The van der Waals surface area contributed by atoms with Crippen molar-refractivity contribution in [3.63, 3.8) is 0 Å². The smallest absolute Gasteiger partial charge is 0.120 e. The molecule has 0 saturated heterocycles. The predicted octanol–water partition coefficient (Wildman–Crippen LogP) is 3.98. The van der Waals surface area contributed by atoms with Crippen LogP contribution in [0.1, 0.15) is 38.3 Å². The van der Waals surface area contributed by atoms with E-state index < -0.39 is 0 Å². The first-order chi connectivity index (χ1) is 8.59. The molecule has 0 unspecified atom stereocenters. The molecule has 2 rings (SSSR count). The largest absolute Gasteiger partial charge is 0.508 e. The van der Waals surface area contributed by atoms with Gasteiger partial charge in [0.25, 0.3) is 0 Å². The number of fused-ring (bicyclic) bond motifs is 1. The first kappa shape index (κ1) is 12.9. The van der Waals surface area contributed by atoms with Crippen molar-refractivity contribution in [2.75, 3.05) is 0 Å². The normalized spacial score (nSPS) is 13.1. The van der Waals surface area contributed by atoms with Crippen LogP contribution in [0.15, 0.2) is 36.4 Å². The monoisotopic (exact) mass is 243 g/mol. The van der Waals surface area contributed by atoms with Crippen LogP contribution in [0.25, 0.3) is 10.8 Å². The van der Waals surface area contributed by atoms with Crippen molar-refractivity contribution < 1.29 is 5.11 Å².